The first-order valence-electron chi connectivity index (χ1n) is 8.26. The Bertz CT molecular complexity index is 454. The predicted octanol–water partition coefficient (Wildman–Crippen LogP) is 2.88. The summed E-state index contributed by atoms with van der Waals surface area (Å²) in [4.78, 5) is 2.59. The lowest BCUT2D eigenvalue weighted by Crippen LogP contribution is -2.42. The third-order valence-electron chi connectivity index (χ3n) is 4.97. The molecule has 0 bridgehead atoms. The number of aryl methyl sites for hydroxylation is 1. The smallest absolute Gasteiger partial charge is 0.0593 e. The molecular weight excluding hydrogens is 262 g/mol. The van der Waals surface area contributed by atoms with Crippen molar-refractivity contribution in [2.75, 3.05) is 39.5 Å². The monoisotopic (exact) mass is 289 g/mol. The standard InChI is InChI=1S/C18H27NO2/c1-2-16-5-3-4-6-17(16)13-19-9-12-21-15-18(14-19)7-10-20-11-8-18/h3-6H,2,7-15H2,1H3. The summed E-state index contributed by atoms with van der Waals surface area (Å²) < 4.78 is 11.5. The Morgan fingerprint density at radius 3 is 2.57 bits per heavy atom. The molecule has 2 aliphatic heterocycles. The van der Waals surface area contributed by atoms with Gasteiger partial charge in [0.05, 0.1) is 13.2 Å². The fourth-order valence-corrected chi connectivity index (χ4v) is 3.62. The fraction of sp³-hybridized carbons (Fsp3) is 0.667. The molecule has 2 heterocycles. The minimum absolute atomic E-state index is 0.315. The molecule has 3 rings (SSSR count). The Kier molecular flexibility index (Phi) is 4.94. The molecule has 0 radical (unpaired) electrons. The van der Waals surface area contributed by atoms with Gasteiger partial charge >= 0.3 is 0 Å². The molecule has 0 unspecified atom stereocenters. The van der Waals surface area contributed by atoms with Crippen LogP contribution < -0.4 is 0 Å². The lowest BCUT2D eigenvalue weighted by atomic mass is 9.80. The van der Waals surface area contributed by atoms with Crippen LogP contribution in [0.3, 0.4) is 0 Å². The molecule has 0 aliphatic carbocycles. The molecular formula is C18H27NO2. The lowest BCUT2D eigenvalue weighted by Gasteiger charge is -2.38. The lowest BCUT2D eigenvalue weighted by molar-refractivity contribution is -0.0320. The van der Waals surface area contributed by atoms with Crippen molar-refractivity contribution in [2.45, 2.75) is 32.7 Å². The van der Waals surface area contributed by atoms with Crippen molar-refractivity contribution in [1.82, 2.24) is 4.90 Å². The normalized spacial score (nSPS) is 23.1. The van der Waals surface area contributed by atoms with Gasteiger partial charge in [-0.05, 0) is 30.4 Å². The van der Waals surface area contributed by atoms with Crippen LogP contribution in [0.15, 0.2) is 24.3 Å². The second-order valence-electron chi connectivity index (χ2n) is 6.50. The maximum absolute atomic E-state index is 5.92. The van der Waals surface area contributed by atoms with E-state index in [4.69, 9.17) is 9.47 Å². The molecule has 2 aliphatic rings. The maximum Gasteiger partial charge on any atom is 0.0593 e. The van der Waals surface area contributed by atoms with E-state index in [9.17, 15) is 0 Å². The summed E-state index contributed by atoms with van der Waals surface area (Å²) in [5.41, 5.74) is 3.27. The second-order valence-corrected chi connectivity index (χ2v) is 6.50. The van der Waals surface area contributed by atoms with E-state index in [0.29, 0.717) is 5.41 Å². The molecule has 0 saturated carbocycles. The minimum atomic E-state index is 0.315. The Morgan fingerprint density at radius 1 is 1.05 bits per heavy atom. The number of benzene rings is 1. The van der Waals surface area contributed by atoms with Gasteiger partial charge in [-0.1, -0.05) is 31.2 Å². The summed E-state index contributed by atoms with van der Waals surface area (Å²) in [6.07, 6.45) is 3.39. The van der Waals surface area contributed by atoms with Gasteiger partial charge < -0.3 is 9.47 Å². The summed E-state index contributed by atoms with van der Waals surface area (Å²) in [5, 5.41) is 0. The zero-order chi connectivity index (χ0) is 14.5. The van der Waals surface area contributed by atoms with Gasteiger partial charge in [0.15, 0.2) is 0 Å². The molecule has 3 heteroatoms. The summed E-state index contributed by atoms with van der Waals surface area (Å²) in [5.74, 6) is 0. The Labute approximate surface area is 128 Å². The van der Waals surface area contributed by atoms with Crippen LogP contribution >= 0.6 is 0 Å². The first kappa shape index (κ1) is 15.0. The molecule has 1 aromatic rings. The highest BCUT2D eigenvalue weighted by atomic mass is 16.5. The van der Waals surface area contributed by atoms with Crippen molar-refractivity contribution < 1.29 is 9.47 Å². The molecule has 2 fully saturated rings. The molecule has 3 nitrogen and oxygen atoms in total. The minimum Gasteiger partial charge on any atom is -0.381 e. The van der Waals surface area contributed by atoms with Crippen LogP contribution in [0.2, 0.25) is 0 Å². The van der Waals surface area contributed by atoms with Gasteiger partial charge in [0.2, 0.25) is 0 Å². The topological polar surface area (TPSA) is 21.7 Å². The van der Waals surface area contributed by atoms with Crippen molar-refractivity contribution in [2.24, 2.45) is 5.41 Å². The van der Waals surface area contributed by atoms with Crippen LogP contribution in [-0.4, -0.2) is 44.4 Å². The highest BCUT2D eigenvalue weighted by molar-refractivity contribution is 5.27. The van der Waals surface area contributed by atoms with Crippen molar-refractivity contribution in [3.05, 3.63) is 35.4 Å². The van der Waals surface area contributed by atoms with Crippen LogP contribution in [0, 0.1) is 5.41 Å². The van der Waals surface area contributed by atoms with Crippen molar-refractivity contribution in [1.29, 1.82) is 0 Å². The van der Waals surface area contributed by atoms with E-state index in [1.165, 1.54) is 11.1 Å². The van der Waals surface area contributed by atoms with Gasteiger partial charge in [0.1, 0.15) is 0 Å². The van der Waals surface area contributed by atoms with E-state index in [1.807, 2.05) is 0 Å². The van der Waals surface area contributed by atoms with E-state index >= 15 is 0 Å². The third-order valence-corrected chi connectivity index (χ3v) is 4.97. The quantitative estimate of drug-likeness (QED) is 0.854. The number of ether oxygens (including phenoxy) is 2. The predicted molar refractivity (Wildman–Crippen MR) is 84.4 cm³/mol. The number of hydrogen-bond donors (Lipinski definition) is 0. The Hall–Kier alpha value is -0.900. The van der Waals surface area contributed by atoms with E-state index in [1.54, 1.807) is 0 Å². The van der Waals surface area contributed by atoms with Gasteiger partial charge in [-0.25, -0.2) is 0 Å². The molecule has 21 heavy (non-hydrogen) atoms. The summed E-state index contributed by atoms with van der Waals surface area (Å²) in [6, 6.07) is 8.84. The van der Waals surface area contributed by atoms with Crippen LogP contribution in [0.5, 0.6) is 0 Å². The maximum atomic E-state index is 5.92. The van der Waals surface area contributed by atoms with Gasteiger partial charge in [0, 0.05) is 38.3 Å². The molecule has 1 spiro atoms. The fourth-order valence-electron chi connectivity index (χ4n) is 3.62. The van der Waals surface area contributed by atoms with Gasteiger partial charge in [0.25, 0.3) is 0 Å². The summed E-state index contributed by atoms with van der Waals surface area (Å²) in [6.45, 7) is 9.03. The SMILES string of the molecule is CCc1ccccc1CN1CCOCC2(CCOCC2)C1. The van der Waals surface area contributed by atoms with E-state index < -0.39 is 0 Å². The number of nitrogens with zero attached hydrogens (tertiary/aromatic N) is 1. The first-order chi connectivity index (χ1) is 10.3. The zero-order valence-corrected chi connectivity index (χ0v) is 13.1. The van der Waals surface area contributed by atoms with E-state index in [2.05, 4.69) is 36.1 Å². The summed E-state index contributed by atoms with van der Waals surface area (Å²) in [7, 11) is 0. The molecule has 2 saturated heterocycles. The number of rotatable bonds is 3. The Morgan fingerprint density at radius 2 is 1.81 bits per heavy atom. The second kappa shape index (κ2) is 6.91. The molecule has 0 aromatic heterocycles. The van der Waals surface area contributed by atoms with Gasteiger partial charge in [-0.3, -0.25) is 4.90 Å². The highest BCUT2D eigenvalue weighted by Gasteiger charge is 2.36. The molecule has 1 aromatic carbocycles. The molecule has 116 valence electrons. The average molecular weight is 289 g/mol. The van der Waals surface area contributed by atoms with Crippen LogP contribution in [0.4, 0.5) is 0 Å². The molecule has 0 N–H and O–H groups in total. The highest BCUT2D eigenvalue weighted by Crippen LogP contribution is 2.33. The van der Waals surface area contributed by atoms with Crippen molar-refractivity contribution in [3.8, 4) is 0 Å². The van der Waals surface area contributed by atoms with Gasteiger partial charge in [-0.15, -0.1) is 0 Å². The zero-order valence-electron chi connectivity index (χ0n) is 13.1. The molecule has 0 atom stereocenters. The first-order valence-corrected chi connectivity index (χ1v) is 8.26. The van der Waals surface area contributed by atoms with Crippen LogP contribution in [-0.2, 0) is 22.4 Å². The summed E-state index contributed by atoms with van der Waals surface area (Å²) >= 11 is 0. The van der Waals surface area contributed by atoms with E-state index in [-0.39, 0.29) is 0 Å². The van der Waals surface area contributed by atoms with Crippen LogP contribution in [0.25, 0.3) is 0 Å². The van der Waals surface area contributed by atoms with Gasteiger partial charge in [-0.2, -0.15) is 0 Å². The van der Waals surface area contributed by atoms with E-state index in [0.717, 1.165) is 65.3 Å². The molecule has 0 amide bonds. The van der Waals surface area contributed by atoms with Crippen molar-refractivity contribution >= 4 is 0 Å². The van der Waals surface area contributed by atoms with Crippen LogP contribution in [0.1, 0.15) is 30.9 Å². The largest absolute Gasteiger partial charge is 0.381 e. The number of hydrogen-bond acceptors (Lipinski definition) is 3. The Balaban J connectivity index is 1.71. The average Bonchev–Trinajstić information content (AvgIpc) is 2.71. The van der Waals surface area contributed by atoms with Crippen molar-refractivity contribution in [3.63, 3.8) is 0 Å². The third kappa shape index (κ3) is 3.65.